The van der Waals surface area contributed by atoms with E-state index in [0.29, 0.717) is 11.5 Å². The molecule has 1 saturated carbocycles. The minimum atomic E-state index is -0.467. The van der Waals surface area contributed by atoms with Gasteiger partial charge < -0.3 is 5.32 Å². The van der Waals surface area contributed by atoms with Crippen LogP contribution in [0.2, 0.25) is 0 Å². The zero-order valence-electron chi connectivity index (χ0n) is 11.0. The molecule has 5 nitrogen and oxygen atoms in total. The fraction of sp³-hybridized carbons (Fsp3) is 0.500. The van der Waals surface area contributed by atoms with Crippen LogP contribution in [0.4, 0.5) is 5.69 Å². The molecule has 0 aromatic heterocycles. The van der Waals surface area contributed by atoms with Crippen LogP contribution in [0.5, 0.6) is 0 Å². The SMILES string of the molecule is C[C@H]1CCCC[C@@H]1NC(=O)c1ccc([N+](=O)[O-])cc1. The standard InChI is InChI=1S/C14H18N2O3/c1-10-4-2-3-5-13(10)15-14(17)11-6-8-12(9-7-11)16(18)19/h6-10,13H,2-5H2,1H3,(H,15,17)/t10-,13-/m0/s1. The Morgan fingerprint density at radius 2 is 1.89 bits per heavy atom. The van der Waals surface area contributed by atoms with Gasteiger partial charge in [0.05, 0.1) is 4.92 Å². The van der Waals surface area contributed by atoms with Gasteiger partial charge in [0.1, 0.15) is 0 Å². The summed E-state index contributed by atoms with van der Waals surface area (Å²) in [6, 6.07) is 5.94. The van der Waals surface area contributed by atoms with Crippen LogP contribution in [0.1, 0.15) is 43.0 Å². The van der Waals surface area contributed by atoms with E-state index in [1.807, 2.05) is 0 Å². The summed E-state index contributed by atoms with van der Waals surface area (Å²) in [5.74, 6) is 0.351. The van der Waals surface area contributed by atoms with Gasteiger partial charge in [0.2, 0.25) is 0 Å². The quantitative estimate of drug-likeness (QED) is 0.672. The molecule has 1 amide bonds. The lowest BCUT2D eigenvalue weighted by atomic mass is 9.86. The largest absolute Gasteiger partial charge is 0.349 e. The summed E-state index contributed by atoms with van der Waals surface area (Å²) in [7, 11) is 0. The molecule has 2 rings (SSSR count). The second-order valence-electron chi connectivity index (χ2n) is 5.15. The van der Waals surface area contributed by atoms with Crippen LogP contribution in [0, 0.1) is 16.0 Å². The van der Waals surface area contributed by atoms with E-state index >= 15 is 0 Å². The van der Waals surface area contributed by atoms with Gasteiger partial charge in [-0.3, -0.25) is 14.9 Å². The number of benzene rings is 1. The lowest BCUT2D eigenvalue weighted by molar-refractivity contribution is -0.384. The van der Waals surface area contributed by atoms with Gasteiger partial charge in [-0.15, -0.1) is 0 Å². The van der Waals surface area contributed by atoms with Gasteiger partial charge >= 0.3 is 0 Å². The number of nitro groups is 1. The first-order chi connectivity index (χ1) is 9.08. The Morgan fingerprint density at radius 3 is 2.47 bits per heavy atom. The zero-order chi connectivity index (χ0) is 13.8. The van der Waals surface area contributed by atoms with E-state index in [9.17, 15) is 14.9 Å². The van der Waals surface area contributed by atoms with E-state index in [0.717, 1.165) is 19.3 Å². The Labute approximate surface area is 112 Å². The Kier molecular flexibility index (Phi) is 4.14. The fourth-order valence-electron chi connectivity index (χ4n) is 2.52. The number of non-ortho nitro benzene ring substituents is 1. The molecular weight excluding hydrogens is 244 g/mol. The normalized spacial score (nSPS) is 22.8. The molecule has 0 bridgehead atoms. The molecule has 0 aliphatic heterocycles. The average molecular weight is 262 g/mol. The monoisotopic (exact) mass is 262 g/mol. The van der Waals surface area contributed by atoms with Crippen LogP contribution in [-0.4, -0.2) is 16.9 Å². The maximum atomic E-state index is 12.1. The van der Waals surface area contributed by atoms with E-state index in [4.69, 9.17) is 0 Å². The van der Waals surface area contributed by atoms with Crippen molar-refractivity contribution in [3.05, 3.63) is 39.9 Å². The number of carbonyl (C=O) groups is 1. The van der Waals surface area contributed by atoms with Gasteiger partial charge in [0.15, 0.2) is 0 Å². The predicted octanol–water partition coefficient (Wildman–Crippen LogP) is 2.90. The van der Waals surface area contributed by atoms with Gasteiger partial charge in [-0.25, -0.2) is 0 Å². The van der Waals surface area contributed by atoms with Gasteiger partial charge in [0, 0.05) is 23.7 Å². The highest BCUT2D eigenvalue weighted by atomic mass is 16.6. The van der Waals surface area contributed by atoms with Crippen molar-refractivity contribution in [1.82, 2.24) is 5.32 Å². The molecule has 0 heterocycles. The number of nitrogens with one attached hydrogen (secondary N) is 1. The number of carbonyl (C=O) groups excluding carboxylic acids is 1. The highest BCUT2D eigenvalue weighted by Crippen LogP contribution is 2.24. The summed E-state index contributed by atoms with van der Waals surface area (Å²) in [5.41, 5.74) is 0.478. The van der Waals surface area contributed by atoms with Crippen LogP contribution in [-0.2, 0) is 0 Å². The summed E-state index contributed by atoms with van der Waals surface area (Å²) in [6.07, 6.45) is 4.53. The maximum absolute atomic E-state index is 12.1. The molecule has 1 aromatic rings. The maximum Gasteiger partial charge on any atom is 0.269 e. The molecule has 0 unspecified atom stereocenters. The molecule has 5 heteroatoms. The third-order valence-electron chi connectivity index (χ3n) is 3.77. The van der Waals surface area contributed by atoms with Crippen molar-refractivity contribution < 1.29 is 9.72 Å². The van der Waals surface area contributed by atoms with Crippen molar-refractivity contribution in [2.75, 3.05) is 0 Å². The van der Waals surface area contributed by atoms with Crippen LogP contribution in [0.3, 0.4) is 0 Å². The third-order valence-corrected chi connectivity index (χ3v) is 3.77. The van der Waals surface area contributed by atoms with Gasteiger partial charge in [-0.05, 0) is 30.9 Å². The summed E-state index contributed by atoms with van der Waals surface area (Å²) in [6.45, 7) is 2.15. The number of nitro benzene ring substituents is 1. The minimum absolute atomic E-state index is 0.00239. The molecular formula is C14H18N2O3. The van der Waals surface area contributed by atoms with Crippen molar-refractivity contribution in [3.63, 3.8) is 0 Å². The molecule has 1 aromatic carbocycles. The van der Waals surface area contributed by atoms with Crippen molar-refractivity contribution in [3.8, 4) is 0 Å². The number of amides is 1. The molecule has 102 valence electrons. The van der Waals surface area contributed by atoms with Crippen LogP contribution < -0.4 is 5.32 Å². The number of rotatable bonds is 3. The van der Waals surface area contributed by atoms with Crippen LogP contribution >= 0.6 is 0 Å². The molecule has 1 aliphatic rings. The third kappa shape index (κ3) is 3.30. The summed E-state index contributed by atoms with van der Waals surface area (Å²) in [5, 5.41) is 13.6. The van der Waals surface area contributed by atoms with Crippen molar-refractivity contribution in [2.45, 2.75) is 38.6 Å². The van der Waals surface area contributed by atoms with Gasteiger partial charge in [-0.2, -0.15) is 0 Å². The number of hydrogen-bond acceptors (Lipinski definition) is 3. The first kappa shape index (κ1) is 13.5. The summed E-state index contributed by atoms with van der Waals surface area (Å²) < 4.78 is 0. The van der Waals surface area contributed by atoms with E-state index in [-0.39, 0.29) is 17.6 Å². The molecule has 1 N–H and O–H groups in total. The van der Waals surface area contributed by atoms with Gasteiger partial charge in [0.25, 0.3) is 11.6 Å². The second kappa shape index (κ2) is 5.82. The molecule has 0 radical (unpaired) electrons. The topological polar surface area (TPSA) is 72.2 Å². The van der Waals surface area contributed by atoms with E-state index in [2.05, 4.69) is 12.2 Å². The molecule has 0 saturated heterocycles. The van der Waals surface area contributed by atoms with E-state index in [1.165, 1.54) is 30.7 Å². The Balaban J connectivity index is 2.01. The smallest absolute Gasteiger partial charge is 0.269 e. The van der Waals surface area contributed by atoms with Crippen molar-refractivity contribution in [1.29, 1.82) is 0 Å². The first-order valence-corrected chi connectivity index (χ1v) is 6.63. The van der Waals surface area contributed by atoms with E-state index in [1.54, 1.807) is 0 Å². The second-order valence-corrected chi connectivity index (χ2v) is 5.15. The molecule has 19 heavy (non-hydrogen) atoms. The number of hydrogen-bond donors (Lipinski definition) is 1. The number of nitrogens with zero attached hydrogens (tertiary/aromatic N) is 1. The highest BCUT2D eigenvalue weighted by Gasteiger charge is 2.23. The predicted molar refractivity (Wildman–Crippen MR) is 72.0 cm³/mol. The van der Waals surface area contributed by atoms with Crippen LogP contribution in [0.15, 0.2) is 24.3 Å². The Morgan fingerprint density at radius 1 is 1.26 bits per heavy atom. The average Bonchev–Trinajstić information content (AvgIpc) is 2.41. The lowest BCUT2D eigenvalue weighted by Gasteiger charge is -2.29. The Hall–Kier alpha value is -1.91. The molecule has 0 spiro atoms. The molecule has 1 aliphatic carbocycles. The van der Waals surface area contributed by atoms with Crippen LogP contribution in [0.25, 0.3) is 0 Å². The molecule has 1 fully saturated rings. The fourth-order valence-corrected chi connectivity index (χ4v) is 2.52. The van der Waals surface area contributed by atoms with E-state index < -0.39 is 4.92 Å². The highest BCUT2D eigenvalue weighted by molar-refractivity contribution is 5.94. The molecule has 2 atom stereocenters. The summed E-state index contributed by atoms with van der Waals surface area (Å²) >= 11 is 0. The lowest BCUT2D eigenvalue weighted by Crippen LogP contribution is -2.41. The minimum Gasteiger partial charge on any atom is -0.349 e. The van der Waals surface area contributed by atoms with Gasteiger partial charge in [-0.1, -0.05) is 19.8 Å². The van der Waals surface area contributed by atoms with Crippen molar-refractivity contribution >= 4 is 11.6 Å². The van der Waals surface area contributed by atoms with Crippen molar-refractivity contribution in [2.24, 2.45) is 5.92 Å². The Bertz CT molecular complexity index is 470. The zero-order valence-corrected chi connectivity index (χ0v) is 11.0. The first-order valence-electron chi connectivity index (χ1n) is 6.63. The summed E-state index contributed by atoms with van der Waals surface area (Å²) in [4.78, 5) is 22.1.